The molecule has 2 rings (SSSR count). The molecule has 29 heavy (non-hydrogen) atoms. The third-order valence-corrected chi connectivity index (χ3v) is 4.85. The van der Waals surface area contributed by atoms with Gasteiger partial charge in [0.1, 0.15) is 18.8 Å². The molecule has 8 nitrogen and oxygen atoms in total. The predicted octanol–water partition coefficient (Wildman–Crippen LogP) is 3.17. The Labute approximate surface area is 168 Å². The number of nitrogens with zero attached hydrogens (tertiary/aromatic N) is 2. The van der Waals surface area contributed by atoms with Gasteiger partial charge in [-0.05, 0) is 52.5 Å². The van der Waals surface area contributed by atoms with E-state index in [0.717, 1.165) is 6.07 Å². The first-order valence-corrected chi connectivity index (χ1v) is 9.52. The number of carbonyl (C=O) groups is 2. The van der Waals surface area contributed by atoms with Crippen molar-refractivity contribution >= 4 is 17.8 Å². The van der Waals surface area contributed by atoms with Crippen molar-refractivity contribution in [3.05, 3.63) is 17.4 Å². The van der Waals surface area contributed by atoms with Crippen molar-refractivity contribution in [2.24, 2.45) is 5.73 Å². The molecule has 0 saturated heterocycles. The van der Waals surface area contributed by atoms with Gasteiger partial charge in [0, 0.05) is 17.6 Å². The summed E-state index contributed by atoms with van der Waals surface area (Å²) in [5.41, 5.74) is 4.43. The number of ether oxygens (including phenoxy) is 1. The van der Waals surface area contributed by atoms with Crippen LogP contribution in [0.1, 0.15) is 56.8 Å². The number of hydrogen-bond donors (Lipinski definition) is 3. The average Bonchev–Trinajstić information content (AvgIpc) is 2.61. The van der Waals surface area contributed by atoms with Crippen molar-refractivity contribution in [3.63, 3.8) is 0 Å². The lowest BCUT2D eigenvalue weighted by atomic mass is 9.88. The number of nitrogens with one attached hydrogen (secondary N) is 1. The molecule has 1 fully saturated rings. The molecule has 1 aromatic rings. The fraction of sp³-hybridized carbons (Fsp3) is 0.632. The molecule has 2 amide bonds. The highest BCUT2D eigenvalue weighted by Crippen LogP contribution is 2.31. The number of rotatable bonds is 7. The van der Waals surface area contributed by atoms with Gasteiger partial charge >= 0.3 is 6.09 Å². The molecule has 10 heteroatoms. The Bertz CT molecular complexity index is 746. The monoisotopic (exact) mass is 414 g/mol. The maximum atomic E-state index is 14.4. The van der Waals surface area contributed by atoms with E-state index in [2.05, 4.69) is 10.3 Å². The number of carboxylic acid groups (broad SMARTS) is 1. The van der Waals surface area contributed by atoms with Crippen molar-refractivity contribution in [1.29, 1.82) is 0 Å². The lowest BCUT2D eigenvalue weighted by Gasteiger charge is -2.42. The van der Waals surface area contributed by atoms with E-state index in [0.29, 0.717) is 25.7 Å². The van der Waals surface area contributed by atoms with Gasteiger partial charge in [0.25, 0.3) is 5.91 Å². The number of hydrogen-bond acceptors (Lipinski definition) is 5. The summed E-state index contributed by atoms with van der Waals surface area (Å²) in [6.45, 7) is 4.43. The first-order valence-electron chi connectivity index (χ1n) is 9.52. The zero-order valence-corrected chi connectivity index (χ0v) is 16.9. The molecule has 0 bridgehead atoms. The molecule has 0 aliphatic heterocycles. The van der Waals surface area contributed by atoms with Gasteiger partial charge in [0.15, 0.2) is 11.6 Å². The number of anilines is 1. The molecular weight excluding hydrogens is 386 g/mol. The van der Waals surface area contributed by atoms with E-state index >= 15 is 0 Å². The second kappa shape index (κ2) is 9.23. The van der Waals surface area contributed by atoms with Gasteiger partial charge in [0.05, 0.1) is 0 Å². The summed E-state index contributed by atoms with van der Waals surface area (Å²) in [5.74, 6) is -2.03. The van der Waals surface area contributed by atoms with Gasteiger partial charge in [0.2, 0.25) is 5.88 Å². The lowest BCUT2D eigenvalue weighted by Crippen LogP contribution is -2.52. The zero-order chi connectivity index (χ0) is 21.8. The zero-order valence-electron chi connectivity index (χ0n) is 16.9. The van der Waals surface area contributed by atoms with Gasteiger partial charge in [-0.25, -0.2) is 13.6 Å². The quantitative estimate of drug-likeness (QED) is 0.631. The first kappa shape index (κ1) is 22.6. The highest BCUT2D eigenvalue weighted by Gasteiger charge is 2.35. The molecule has 4 N–H and O–H groups in total. The Kier molecular flexibility index (Phi) is 7.21. The molecule has 1 heterocycles. The molecule has 0 spiro atoms. The summed E-state index contributed by atoms with van der Waals surface area (Å²) in [5, 5.41) is 12.5. The smallest absolute Gasteiger partial charge is 0.407 e. The molecule has 1 saturated carbocycles. The number of halogens is 2. The SMILES string of the molecule is CC(C)(C)N(C(=O)O)[C@H]1CC[C@H](Nc2nc(OCCF)c(C(N)=O)cc2F)CC1. The standard InChI is InChI=1S/C19H28F2N4O4/c1-19(2,3)25(18(27)28)12-6-4-11(5-7-12)23-16-14(21)10-13(15(22)26)17(24-16)29-9-8-20/h10-12H,4-9H2,1-3H3,(H2,22,26)(H,23,24)(H,27,28)/t11-,12-. The fourth-order valence-electron chi connectivity index (χ4n) is 3.66. The Hall–Kier alpha value is -2.65. The summed E-state index contributed by atoms with van der Waals surface area (Å²) >= 11 is 0. The summed E-state index contributed by atoms with van der Waals surface area (Å²) < 4.78 is 31.9. The van der Waals surface area contributed by atoms with E-state index in [4.69, 9.17) is 10.5 Å². The molecule has 0 atom stereocenters. The van der Waals surface area contributed by atoms with Crippen LogP contribution in [0.4, 0.5) is 19.4 Å². The molecule has 0 unspecified atom stereocenters. The topological polar surface area (TPSA) is 118 Å². The Morgan fingerprint density at radius 1 is 1.34 bits per heavy atom. The van der Waals surface area contributed by atoms with Crippen LogP contribution >= 0.6 is 0 Å². The average molecular weight is 414 g/mol. The second-order valence-corrected chi connectivity index (χ2v) is 8.05. The van der Waals surface area contributed by atoms with E-state index in [1.54, 1.807) is 0 Å². The number of aromatic nitrogens is 1. The van der Waals surface area contributed by atoms with Crippen LogP contribution in [0.5, 0.6) is 5.88 Å². The van der Waals surface area contributed by atoms with Crippen LogP contribution in [0.25, 0.3) is 0 Å². The number of alkyl halides is 1. The third-order valence-electron chi connectivity index (χ3n) is 4.85. The van der Waals surface area contributed by atoms with Crippen molar-refractivity contribution in [1.82, 2.24) is 9.88 Å². The highest BCUT2D eigenvalue weighted by atomic mass is 19.1. The molecule has 162 valence electrons. The summed E-state index contributed by atoms with van der Waals surface area (Å²) in [7, 11) is 0. The Balaban J connectivity index is 2.10. The predicted molar refractivity (Wildman–Crippen MR) is 103 cm³/mol. The first-order chi connectivity index (χ1) is 13.5. The molecular formula is C19H28F2N4O4. The van der Waals surface area contributed by atoms with Crippen LogP contribution in [0, 0.1) is 5.82 Å². The fourth-order valence-corrected chi connectivity index (χ4v) is 3.66. The minimum absolute atomic E-state index is 0.113. The molecule has 1 aromatic heterocycles. The van der Waals surface area contributed by atoms with E-state index in [1.165, 1.54) is 4.90 Å². The normalized spacial score (nSPS) is 19.5. The van der Waals surface area contributed by atoms with Crippen LogP contribution in [0.15, 0.2) is 6.07 Å². The van der Waals surface area contributed by atoms with E-state index < -0.39 is 30.0 Å². The van der Waals surface area contributed by atoms with Crippen LogP contribution in [-0.4, -0.2) is 57.9 Å². The summed E-state index contributed by atoms with van der Waals surface area (Å²) in [4.78, 5) is 28.5. The van der Waals surface area contributed by atoms with Gasteiger partial charge in [-0.2, -0.15) is 4.98 Å². The van der Waals surface area contributed by atoms with Crippen LogP contribution < -0.4 is 15.8 Å². The van der Waals surface area contributed by atoms with Crippen molar-refractivity contribution < 1.29 is 28.2 Å². The summed E-state index contributed by atoms with van der Waals surface area (Å²) in [6, 6.07) is 0.671. The minimum atomic E-state index is -0.960. The van der Waals surface area contributed by atoms with Crippen molar-refractivity contribution in [3.8, 4) is 5.88 Å². The van der Waals surface area contributed by atoms with Crippen molar-refractivity contribution in [2.45, 2.75) is 64.1 Å². The third kappa shape index (κ3) is 5.68. The Morgan fingerprint density at radius 2 is 1.97 bits per heavy atom. The van der Waals surface area contributed by atoms with Gasteiger partial charge in [-0.3, -0.25) is 4.79 Å². The minimum Gasteiger partial charge on any atom is -0.474 e. The van der Waals surface area contributed by atoms with Gasteiger partial charge < -0.3 is 25.8 Å². The Morgan fingerprint density at radius 3 is 2.45 bits per heavy atom. The van der Waals surface area contributed by atoms with E-state index in [9.17, 15) is 23.5 Å². The van der Waals surface area contributed by atoms with Crippen molar-refractivity contribution in [2.75, 3.05) is 18.6 Å². The highest BCUT2D eigenvalue weighted by molar-refractivity contribution is 5.95. The van der Waals surface area contributed by atoms with E-state index in [-0.39, 0.29) is 36.0 Å². The molecule has 1 aliphatic rings. The number of pyridine rings is 1. The lowest BCUT2D eigenvalue weighted by molar-refractivity contribution is 0.0556. The largest absolute Gasteiger partial charge is 0.474 e. The molecule has 0 aromatic carbocycles. The number of carbonyl (C=O) groups excluding carboxylic acids is 1. The maximum absolute atomic E-state index is 14.4. The van der Waals surface area contributed by atoms with Gasteiger partial charge in [-0.1, -0.05) is 0 Å². The molecule has 0 radical (unpaired) electrons. The van der Waals surface area contributed by atoms with E-state index in [1.807, 2.05) is 20.8 Å². The number of amides is 2. The molecule has 1 aliphatic carbocycles. The van der Waals surface area contributed by atoms with Crippen LogP contribution in [-0.2, 0) is 0 Å². The maximum Gasteiger partial charge on any atom is 0.407 e. The number of nitrogens with two attached hydrogens (primary N) is 1. The van der Waals surface area contributed by atoms with Crippen LogP contribution in [0.3, 0.4) is 0 Å². The second-order valence-electron chi connectivity index (χ2n) is 8.05. The van der Waals surface area contributed by atoms with Gasteiger partial charge in [-0.15, -0.1) is 0 Å². The summed E-state index contributed by atoms with van der Waals surface area (Å²) in [6.07, 6.45) is 1.51. The number of primary amides is 1. The van der Waals surface area contributed by atoms with Crippen LogP contribution in [0.2, 0.25) is 0 Å².